The third kappa shape index (κ3) is 1.15. The molecule has 72 valence electrons. The van der Waals surface area contributed by atoms with Crippen molar-refractivity contribution < 1.29 is 9.59 Å². The van der Waals surface area contributed by atoms with Gasteiger partial charge in [-0.1, -0.05) is 0 Å². The molecule has 3 nitrogen and oxygen atoms in total. The molecule has 0 aromatic rings. The van der Waals surface area contributed by atoms with Gasteiger partial charge in [-0.05, 0) is 25.4 Å². The lowest BCUT2D eigenvalue weighted by atomic mass is 10.1. The molecule has 1 amide bonds. The summed E-state index contributed by atoms with van der Waals surface area (Å²) < 4.78 is 0. The van der Waals surface area contributed by atoms with Crippen LogP contribution in [0.1, 0.15) is 12.8 Å². The lowest BCUT2D eigenvalue weighted by Crippen LogP contribution is -2.29. The van der Waals surface area contributed by atoms with Gasteiger partial charge >= 0.3 is 0 Å². The minimum atomic E-state index is -0.184. The molecule has 2 rings (SSSR count). The standard InChI is InChI=1S/C9H13NO2S/c1-13(2)8-7(11)6-4-3-5-10(6)9(8)12/h6H,3-5H2,1-2H3/t6-/m0/s1. The fourth-order valence-electron chi connectivity index (χ4n) is 2.05. The van der Waals surface area contributed by atoms with E-state index in [0.717, 1.165) is 19.4 Å². The summed E-state index contributed by atoms with van der Waals surface area (Å²) in [6.45, 7) is 0.774. The lowest BCUT2D eigenvalue weighted by molar-refractivity contribution is -0.124. The van der Waals surface area contributed by atoms with E-state index in [-0.39, 0.29) is 28.2 Å². The Morgan fingerprint density at radius 3 is 2.62 bits per heavy atom. The first kappa shape index (κ1) is 8.94. The molecule has 0 aromatic carbocycles. The van der Waals surface area contributed by atoms with Gasteiger partial charge in [-0.2, -0.15) is 10.5 Å². The molecule has 13 heavy (non-hydrogen) atoms. The highest BCUT2D eigenvalue weighted by atomic mass is 32.2. The second-order valence-electron chi connectivity index (χ2n) is 3.67. The summed E-state index contributed by atoms with van der Waals surface area (Å²) in [5.41, 5.74) is 0. The van der Waals surface area contributed by atoms with Crippen LogP contribution in [0.2, 0.25) is 0 Å². The van der Waals surface area contributed by atoms with Crippen molar-refractivity contribution in [2.75, 3.05) is 19.1 Å². The summed E-state index contributed by atoms with van der Waals surface area (Å²) >= 11 is 0. The SMILES string of the molecule is CS(C)=C1C(=O)[C@@H]2CCCN2C1=O. The van der Waals surface area contributed by atoms with Crippen molar-refractivity contribution in [2.24, 2.45) is 0 Å². The van der Waals surface area contributed by atoms with Gasteiger partial charge in [0.05, 0.1) is 6.04 Å². The van der Waals surface area contributed by atoms with Crippen LogP contribution >= 0.6 is 10.5 Å². The number of fused-ring (bicyclic) bond motifs is 1. The quantitative estimate of drug-likeness (QED) is 0.525. The zero-order chi connectivity index (χ0) is 9.59. The first-order valence-electron chi connectivity index (χ1n) is 4.42. The van der Waals surface area contributed by atoms with Crippen LogP contribution in [0.25, 0.3) is 0 Å². The fraction of sp³-hybridized carbons (Fsp3) is 0.667. The predicted octanol–water partition coefficient (Wildman–Crippen LogP) is 0.261. The molecule has 0 radical (unpaired) electrons. The highest BCUT2D eigenvalue weighted by Gasteiger charge is 2.45. The van der Waals surface area contributed by atoms with Gasteiger partial charge in [0.25, 0.3) is 5.91 Å². The van der Waals surface area contributed by atoms with Gasteiger partial charge in [-0.25, -0.2) is 0 Å². The minimum Gasteiger partial charge on any atom is -0.328 e. The van der Waals surface area contributed by atoms with Crippen LogP contribution in [0.3, 0.4) is 0 Å². The molecule has 0 aliphatic carbocycles. The zero-order valence-corrected chi connectivity index (χ0v) is 8.69. The molecule has 0 unspecified atom stereocenters. The largest absolute Gasteiger partial charge is 0.328 e. The van der Waals surface area contributed by atoms with E-state index in [1.807, 2.05) is 12.5 Å². The number of carbonyl (C=O) groups excluding carboxylic acids is 2. The average molecular weight is 199 g/mol. The highest BCUT2D eigenvalue weighted by molar-refractivity contribution is 8.16. The summed E-state index contributed by atoms with van der Waals surface area (Å²) in [4.78, 5) is 25.7. The Kier molecular flexibility index (Phi) is 2.02. The van der Waals surface area contributed by atoms with Crippen molar-refractivity contribution in [2.45, 2.75) is 18.9 Å². The molecule has 2 aliphatic rings. The number of hydrogen-bond donors (Lipinski definition) is 0. The maximum Gasteiger partial charge on any atom is 0.263 e. The average Bonchev–Trinajstić information content (AvgIpc) is 2.56. The van der Waals surface area contributed by atoms with Gasteiger partial charge in [-0.3, -0.25) is 9.59 Å². The third-order valence-corrected chi connectivity index (χ3v) is 3.83. The van der Waals surface area contributed by atoms with Crippen LogP contribution in [-0.2, 0) is 9.59 Å². The molecular weight excluding hydrogens is 186 g/mol. The molecule has 2 aliphatic heterocycles. The second-order valence-corrected chi connectivity index (χ2v) is 5.71. The molecule has 1 atom stereocenters. The number of Topliss-reactive ketones (excluding diaryl/α,β-unsaturated/α-hetero) is 1. The summed E-state index contributed by atoms with van der Waals surface area (Å²) in [6, 6.07) is -0.0996. The third-order valence-electron chi connectivity index (χ3n) is 2.64. The number of rotatable bonds is 0. The van der Waals surface area contributed by atoms with E-state index in [2.05, 4.69) is 0 Å². The van der Waals surface area contributed by atoms with Gasteiger partial charge in [0.15, 0.2) is 5.78 Å². The fourth-order valence-corrected chi connectivity index (χ4v) is 3.05. The topological polar surface area (TPSA) is 37.4 Å². The van der Waals surface area contributed by atoms with Gasteiger partial charge in [0.2, 0.25) is 0 Å². The van der Waals surface area contributed by atoms with E-state index in [4.69, 9.17) is 0 Å². The molecule has 0 aromatic heterocycles. The molecule has 2 heterocycles. The number of amides is 1. The van der Waals surface area contributed by atoms with Crippen molar-refractivity contribution in [3.05, 3.63) is 0 Å². The van der Waals surface area contributed by atoms with Crippen LogP contribution < -0.4 is 0 Å². The number of hydrogen-bond acceptors (Lipinski definition) is 2. The van der Waals surface area contributed by atoms with E-state index in [1.54, 1.807) is 4.90 Å². The van der Waals surface area contributed by atoms with Crippen LogP contribution in [-0.4, -0.2) is 46.6 Å². The molecule has 0 saturated carbocycles. The van der Waals surface area contributed by atoms with Gasteiger partial charge in [-0.15, -0.1) is 0 Å². The molecule has 4 heteroatoms. The van der Waals surface area contributed by atoms with E-state index >= 15 is 0 Å². The van der Waals surface area contributed by atoms with Crippen LogP contribution in [0.15, 0.2) is 0 Å². The van der Waals surface area contributed by atoms with Gasteiger partial charge in [0.1, 0.15) is 4.86 Å². The second kappa shape index (κ2) is 2.94. The molecule has 2 saturated heterocycles. The van der Waals surface area contributed by atoms with Gasteiger partial charge < -0.3 is 4.90 Å². The molecule has 2 fully saturated rings. The van der Waals surface area contributed by atoms with Crippen molar-refractivity contribution >= 4 is 27.0 Å². The Morgan fingerprint density at radius 2 is 2.08 bits per heavy atom. The lowest BCUT2D eigenvalue weighted by Gasteiger charge is -2.11. The van der Waals surface area contributed by atoms with Crippen molar-refractivity contribution in [1.29, 1.82) is 0 Å². The number of ketones is 1. The minimum absolute atomic E-state index is 0.000772. The number of nitrogens with zero attached hydrogens (tertiary/aromatic N) is 1. The van der Waals surface area contributed by atoms with Crippen LogP contribution in [0.5, 0.6) is 0 Å². The molecular formula is C9H13NO2S. The Balaban J connectivity index is 2.43. The monoisotopic (exact) mass is 199 g/mol. The van der Waals surface area contributed by atoms with E-state index in [9.17, 15) is 9.59 Å². The maximum absolute atomic E-state index is 11.7. The summed E-state index contributed by atoms with van der Waals surface area (Å²) in [7, 11) is -0.184. The van der Waals surface area contributed by atoms with E-state index < -0.39 is 0 Å². The smallest absolute Gasteiger partial charge is 0.263 e. The Morgan fingerprint density at radius 1 is 1.38 bits per heavy atom. The zero-order valence-electron chi connectivity index (χ0n) is 7.87. The van der Waals surface area contributed by atoms with Crippen molar-refractivity contribution in [3.8, 4) is 0 Å². The number of carbonyl (C=O) groups is 2. The normalized spacial score (nSPS) is 27.8. The Labute approximate surface area is 80.0 Å². The van der Waals surface area contributed by atoms with E-state index in [1.165, 1.54) is 0 Å². The Hall–Kier alpha value is -0.640. The summed E-state index contributed by atoms with van der Waals surface area (Å²) in [5, 5.41) is 0. The van der Waals surface area contributed by atoms with E-state index in [0.29, 0.717) is 4.86 Å². The van der Waals surface area contributed by atoms with Crippen LogP contribution in [0, 0.1) is 0 Å². The molecule has 0 spiro atoms. The Bertz CT molecular complexity index is 294. The highest BCUT2D eigenvalue weighted by Crippen LogP contribution is 2.27. The van der Waals surface area contributed by atoms with Crippen molar-refractivity contribution in [3.63, 3.8) is 0 Å². The molecule has 0 N–H and O–H groups in total. The van der Waals surface area contributed by atoms with Gasteiger partial charge in [0, 0.05) is 6.54 Å². The summed E-state index contributed by atoms with van der Waals surface area (Å²) in [6.07, 6.45) is 5.72. The molecule has 0 bridgehead atoms. The predicted molar refractivity (Wildman–Crippen MR) is 54.2 cm³/mol. The summed E-state index contributed by atoms with van der Waals surface area (Å²) in [5.74, 6) is 0.0941. The maximum atomic E-state index is 11.7. The first-order valence-corrected chi connectivity index (χ1v) is 6.47. The van der Waals surface area contributed by atoms with Crippen molar-refractivity contribution in [1.82, 2.24) is 4.90 Å². The first-order chi connectivity index (χ1) is 6.13. The van der Waals surface area contributed by atoms with Crippen LogP contribution in [0.4, 0.5) is 0 Å².